The predicted molar refractivity (Wildman–Crippen MR) is 82.9 cm³/mol. The van der Waals surface area contributed by atoms with E-state index in [-0.39, 0.29) is 17.4 Å². The number of hydrogen-bond donors (Lipinski definition) is 2. The second kappa shape index (κ2) is 5.49. The van der Waals surface area contributed by atoms with Crippen molar-refractivity contribution in [2.24, 2.45) is 11.3 Å². The third kappa shape index (κ3) is 2.29. The van der Waals surface area contributed by atoms with Crippen LogP contribution in [0.25, 0.3) is 0 Å². The van der Waals surface area contributed by atoms with Crippen molar-refractivity contribution in [2.45, 2.75) is 45.6 Å². The number of hydrogen-bond acceptors (Lipinski definition) is 3. The Bertz CT molecular complexity index is 488. The molecule has 0 spiro atoms. The molecule has 110 valence electrons. The highest BCUT2D eigenvalue weighted by Gasteiger charge is 2.44. The molecule has 0 saturated carbocycles. The predicted octanol–water partition coefficient (Wildman–Crippen LogP) is 2.88. The summed E-state index contributed by atoms with van der Waals surface area (Å²) in [5.41, 5.74) is 1.15. The highest BCUT2D eigenvalue weighted by atomic mass is 32.1. The second-order valence-corrected chi connectivity index (χ2v) is 7.46. The van der Waals surface area contributed by atoms with Gasteiger partial charge in [-0.15, -0.1) is 11.3 Å². The molecule has 20 heavy (non-hydrogen) atoms. The zero-order valence-electron chi connectivity index (χ0n) is 12.4. The topological polar surface area (TPSA) is 41.1 Å². The summed E-state index contributed by atoms with van der Waals surface area (Å²) >= 11 is 1.83. The standard InChI is InChI=1S/C16H24N2OS/c1-11(2)16(7-8-17-10-16)15(19)18-13-4-3-5-14-12(13)6-9-20-14/h6,9,11,13,17H,3-5,7-8,10H2,1-2H3,(H,18,19). The maximum atomic E-state index is 12.9. The summed E-state index contributed by atoms with van der Waals surface area (Å²) in [7, 11) is 0. The van der Waals surface area contributed by atoms with E-state index in [1.807, 2.05) is 11.3 Å². The molecule has 3 nitrogen and oxygen atoms in total. The largest absolute Gasteiger partial charge is 0.349 e. The van der Waals surface area contributed by atoms with Crippen LogP contribution in [-0.2, 0) is 11.2 Å². The van der Waals surface area contributed by atoms with Gasteiger partial charge < -0.3 is 10.6 Å². The lowest BCUT2D eigenvalue weighted by molar-refractivity contribution is -0.133. The van der Waals surface area contributed by atoms with E-state index in [0.29, 0.717) is 5.92 Å². The molecule has 0 radical (unpaired) electrons. The van der Waals surface area contributed by atoms with Crippen LogP contribution in [0.2, 0.25) is 0 Å². The summed E-state index contributed by atoms with van der Waals surface area (Å²) < 4.78 is 0. The van der Waals surface area contributed by atoms with Crippen molar-refractivity contribution in [1.82, 2.24) is 10.6 Å². The molecule has 2 heterocycles. The second-order valence-electron chi connectivity index (χ2n) is 6.46. The molecule has 1 aromatic rings. The van der Waals surface area contributed by atoms with Gasteiger partial charge >= 0.3 is 0 Å². The minimum Gasteiger partial charge on any atom is -0.349 e. The average Bonchev–Trinajstić information content (AvgIpc) is 3.09. The lowest BCUT2D eigenvalue weighted by atomic mass is 9.75. The lowest BCUT2D eigenvalue weighted by Gasteiger charge is -2.34. The molecule has 2 unspecified atom stereocenters. The minimum absolute atomic E-state index is 0.215. The maximum Gasteiger partial charge on any atom is 0.228 e. The number of carbonyl (C=O) groups is 1. The fourth-order valence-corrected chi connectivity index (χ4v) is 4.59. The lowest BCUT2D eigenvalue weighted by Crippen LogP contribution is -2.47. The smallest absolute Gasteiger partial charge is 0.228 e. The summed E-state index contributed by atoms with van der Waals surface area (Å²) in [6.07, 6.45) is 4.40. The van der Waals surface area contributed by atoms with Gasteiger partial charge in [0.2, 0.25) is 5.91 Å². The highest BCUT2D eigenvalue weighted by Crippen LogP contribution is 2.37. The number of thiophene rings is 1. The van der Waals surface area contributed by atoms with Gasteiger partial charge in [0.15, 0.2) is 0 Å². The van der Waals surface area contributed by atoms with E-state index in [2.05, 4.69) is 35.9 Å². The van der Waals surface area contributed by atoms with Crippen molar-refractivity contribution in [3.8, 4) is 0 Å². The number of rotatable bonds is 3. The summed E-state index contributed by atoms with van der Waals surface area (Å²) in [6, 6.07) is 2.42. The van der Waals surface area contributed by atoms with Gasteiger partial charge in [0.1, 0.15) is 0 Å². The molecule has 0 bridgehead atoms. The normalized spacial score (nSPS) is 29.4. The quantitative estimate of drug-likeness (QED) is 0.899. The van der Waals surface area contributed by atoms with Gasteiger partial charge in [-0.05, 0) is 55.2 Å². The number of aryl methyl sites for hydroxylation is 1. The van der Waals surface area contributed by atoms with Crippen LogP contribution in [0.3, 0.4) is 0 Å². The molecule has 1 fully saturated rings. The summed E-state index contributed by atoms with van der Waals surface area (Å²) in [4.78, 5) is 14.3. The highest BCUT2D eigenvalue weighted by molar-refractivity contribution is 7.10. The molecule has 1 aliphatic heterocycles. The molecule has 1 aromatic heterocycles. The first-order valence-electron chi connectivity index (χ1n) is 7.71. The van der Waals surface area contributed by atoms with Crippen molar-refractivity contribution >= 4 is 17.2 Å². The number of nitrogens with one attached hydrogen (secondary N) is 2. The van der Waals surface area contributed by atoms with Crippen LogP contribution in [-0.4, -0.2) is 19.0 Å². The molecule has 0 aromatic carbocycles. The van der Waals surface area contributed by atoms with Crippen LogP contribution in [0.1, 0.15) is 49.6 Å². The molecule has 2 aliphatic rings. The van der Waals surface area contributed by atoms with Crippen LogP contribution in [0, 0.1) is 11.3 Å². The zero-order chi connectivity index (χ0) is 14.2. The Hall–Kier alpha value is -0.870. The van der Waals surface area contributed by atoms with Gasteiger partial charge in [-0.2, -0.15) is 0 Å². The third-order valence-corrected chi connectivity index (χ3v) is 6.10. The van der Waals surface area contributed by atoms with E-state index >= 15 is 0 Å². The van der Waals surface area contributed by atoms with Crippen LogP contribution >= 0.6 is 11.3 Å². The fraction of sp³-hybridized carbons (Fsp3) is 0.688. The molecule has 2 N–H and O–H groups in total. The Morgan fingerprint density at radius 1 is 1.55 bits per heavy atom. The monoisotopic (exact) mass is 292 g/mol. The third-order valence-electron chi connectivity index (χ3n) is 5.10. The molecular weight excluding hydrogens is 268 g/mol. The van der Waals surface area contributed by atoms with Crippen molar-refractivity contribution in [1.29, 1.82) is 0 Å². The summed E-state index contributed by atoms with van der Waals surface area (Å²) in [6.45, 7) is 6.12. The van der Waals surface area contributed by atoms with Gasteiger partial charge in [-0.25, -0.2) is 0 Å². The molecule has 4 heteroatoms. The van der Waals surface area contributed by atoms with Crippen molar-refractivity contribution in [2.75, 3.05) is 13.1 Å². The molecule has 1 amide bonds. The Morgan fingerprint density at radius 2 is 2.40 bits per heavy atom. The Balaban J connectivity index is 1.77. The zero-order valence-corrected chi connectivity index (χ0v) is 13.2. The van der Waals surface area contributed by atoms with Crippen LogP contribution in [0.15, 0.2) is 11.4 Å². The molecule has 2 atom stereocenters. The summed E-state index contributed by atoms with van der Waals surface area (Å²) in [5, 5.41) is 8.88. The molecule has 3 rings (SSSR count). The Morgan fingerprint density at radius 3 is 3.10 bits per heavy atom. The van der Waals surface area contributed by atoms with Crippen LogP contribution in [0.4, 0.5) is 0 Å². The van der Waals surface area contributed by atoms with Gasteiger partial charge in [0, 0.05) is 11.4 Å². The number of amides is 1. The van der Waals surface area contributed by atoms with Gasteiger partial charge in [-0.1, -0.05) is 13.8 Å². The van der Waals surface area contributed by atoms with Crippen molar-refractivity contribution in [3.05, 3.63) is 21.9 Å². The van der Waals surface area contributed by atoms with E-state index in [9.17, 15) is 4.79 Å². The molecule has 1 saturated heterocycles. The van der Waals surface area contributed by atoms with Crippen LogP contribution in [0.5, 0.6) is 0 Å². The van der Waals surface area contributed by atoms with Gasteiger partial charge in [0.25, 0.3) is 0 Å². The first-order valence-corrected chi connectivity index (χ1v) is 8.59. The Labute approximate surface area is 125 Å². The average molecular weight is 292 g/mol. The van der Waals surface area contributed by atoms with Crippen molar-refractivity contribution < 1.29 is 4.79 Å². The first-order chi connectivity index (χ1) is 9.63. The number of fused-ring (bicyclic) bond motifs is 1. The fourth-order valence-electron chi connectivity index (χ4n) is 3.60. The van der Waals surface area contributed by atoms with E-state index in [1.54, 1.807) is 0 Å². The minimum atomic E-state index is -0.215. The van der Waals surface area contributed by atoms with E-state index in [1.165, 1.54) is 23.3 Å². The van der Waals surface area contributed by atoms with Gasteiger partial charge in [0.05, 0.1) is 11.5 Å². The van der Waals surface area contributed by atoms with Crippen LogP contribution < -0.4 is 10.6 Å². The number of carbonyl (C=O) groups excluding carboxylic acids is 1. The van der Waals surface area contributed by atoms with E-state index < -0.39 is 0 Å². The van der Waals surface area contributed by atoms with Gasteiger partial charge in [-0.3, -0.25) is 4.79 Å². The molecular formula is C16H24N2OS. The molecule has 1 aliphatic carbocycles. The first kappa shape index (κ1) is 14.1. The SMILES string of the molecule is CC(C)C1(C(=O)NC2CCCc3sccc32)CCNC1. The Kier molecular flexibility index (Phi) is 3.87. The van der Waals surface area contributed by atoms with E-state index in [0.717, 1.165) is 25.9 Å². The summed E-state index contributed by atoms with van der Waals surface area (Å²) in [5.74, 6) is 0.629. The maximum absolute atomic E-state index is 12.9. The van der Waals surface area contributed by atoms with E-state index in [4.69, 9.17) is 0 Å². The van der Waals surface area contributed by atoms with Crippen molar-refractivity contribution in [3.63, 3.8) is 0 Å².